The number of hydrogen-bond acceptors (Lipinski definition) is 7. The molecule has 0 atom stereocenters. The summed E-state index contributed by atoms with van der Waals surface area (Å²) in [5.41, 5.74) is 0.446. The van der Waals surface area contributed by atoms with Crippen LogP contribution in [0, 0.1) is 0 Å². The molecule has 20 heavy (non-hydrogen) atoms. The van der Waals surface area contributed by atoms with Crippen molar-refractivity contribution in [2.75, 3.05) is 6.26 Å². The predicted octanol–water partition coefficient (Wildman–Crippen LogP) is 1.72. The van der Waals surface area contributed by atoms with Crippen molar-refractivity contribution in [3.05, 3.63) is 29.4 Å². The first-order chi connectivity index (χ1) is 9.36. The van der Waals surface area contributed by atoms with Crippen molar-refractivity contribution >= 4 is 38.9 Å². The fourth-order valence-electron chi connectivity index (χ4n) is 1.39. The van der Waals surface area contributed by atoms with E-state index in [2.05, 4.69) is 9.97 Å². The summed E-state index contributed by atoms with van der Waals surface area (Å²) < 4.78 is 23.9. The van der Waals surface area contributed by atoms with Crippen LogP contribution in [0.15, 0.2) is 38.0 Å². The van der Waals surface area contributed by atoms with Gasteiger partial charge in [0.05, 0.1) is 17.0 Å². The molecule has 0 bridgehead atoms. The minimum absolute atomic E-state index is 0.139. The molecule has 0 aliphatic carbocycles. The molecular weight excluding hydrogens is 320 g/mol. The lowest BCUT2D eigenvalue weighted by molar-refractivity contribution is -0.136. The van der Waals surface area contributed by atoms with Crippen LogP contribution >= 0.6 is 23.1 Å². The molecule has 9 heteroatoms. The number of aliphatic carboxylic acids is 1. The lowest BCUT2D eigenvalue weighted by Crippen LogP contribution is -2.01. The van der Waals surface area contributed by atoms with E-state index < -0.39 is 15.8 Å². The number of sulfone groups is 1. The van der Waals surface area contributed by atoms with Crippen LogP contribution in [0.1, 0.15) is 5.69 Å². The highest BCUT2D eigenvalue weighted by molar-refractivity contribution is 8.01. The molecule has 0 saturated carbocycles. The Labute approximate surface area is 123 Å². The van der Waals surface area contributed by atoms with Crippen LogP contribution in [-0.2, 0) is 21.1 Å². The SMILES string of the molecule is CS(=O)(=O)c1cccnc1Sc1nc(CC(=O)O)cs1. The zero-order valence-corrected chi connectivity index (χ0v) is 12.8. The number of carboxylic acid groups (broad SMARTS) is 1. The zero-order chi connectivity index (χ0) is 14.8. The molecule has 1 N–H and O–H groups in total. The van der Waals surface area contributed by atoms with Gasteiger partial charge in [0.15, 0.2) is 14.2 Å². The van der Waals surface area contributed by atoms with Crippen LogP contribution < -0.4 is 0 Å². The molecule has 0 aliphatic heterocycles. The molecule has 0 aromatic carbocycles. The average molecular weight is 330 g/mol. The van der Waals surface area contributed by atoms with Gasteiger partial charge in [0.2, 0.25) is 0 Å². The maximum atomic E-state index is 11.6. The number of pyridine rings is 1. The van der Waals surface area contributed by atoms with E-state index in [-0.39, 0.29) is 11.3 Å². The maximum Gasteiger partial charge on any atom is 0.309 e. The van der Waals surface area contributed by atoms with Crippen molar-refractivity contribution in [1.82, 2.24) is 9.97 Å². The van der Waals surface area contributed by atoms with E-state index in [1.165, 1.54) is 23.6 Å². The quantitative estimate of drug-likeness (QED) is 0.891. The molecule has 0 aliphatic rings. The second-order valence-electron chi connectivity index (χ2n) is 3.86. The standard InChI is InChI=1S/C11H10N2O4S3/c1-20(16,17)8-3-2-4-12-10(8)19-11-13-7(6-18-11)5-9(14)15/h2-4,6H,5H2,1H3,(H,14,15). The van der Waals surface area contributed by atoms with Gasteiger partial charge in [-0.3, -0.25) is 4.79 Å². The molecule has 2 rings (SSSR count). The van der Waals surface area contributed by atoms with Gasteiger partial charge in [-0.05, 0) is 23.9 Å². The number of carbonyl (C=O) groups is 1. The molecule has 0 unspecified atom stereocenters. The molecule has 2 heterocycles. The summed E-state index contributed by atoms with van der Waals surface area (Å²) in [7, 11) is -3.37. The van der Waals surface area contributed by atoms with E-state index in [0.717, 1.165) is 18.0 Å². The highest BCUT2D eigenvalue weighted by Gasteiger charge is 2.16. The summed E-state index contributed by atoms with van der Waals surface area (Å²) in [6, 6.07) is 3.04. The van der Waals surface area contributed by atoms with E-state index in [4.69, 9.17) is 5.11 Å². The van der Waals surface area contributed by atoms with Crippen LogP contribution in [-0.4, -0.2) is 35.7 Å². The minimum atomic E-state index is -3.37. The van der Waals surface area contributed by atoms with Crippen LogP contribution in [0.2, 0.25) is 0 Å². The number of nitrogens with zero attached hydrogens (tertiary/aromatic N) is 2. The van der Waals surface area contributed by atoms with Crippen molar-refractivity contribution < 1.29 is 18.3 Å². The van der Waals surface area contributed by atoms with Crippen molar-refractivity contribution in [3.8, 4) is 0 Å². The van der Waals surface area contributed by atoms with Gasteiger partial charge in [0.1, 0.15) is 5.03 Å². The smallest absolute Gasteiger partial charge is 0.309 e. The third-order valence-electron chi connectivity index (χ3n) is 2.18. The van der Waals surface area contributed by atoms with Crippen molar-refractivity contribution in [3.63, 3.8) is 0 Å². The van der Waals surface area contributed by atoms with Crippen molar-refractivity contribution in [2.24, 2.45) is 0 Å². The van der Waals surface area contributed by atoms with Gasteiger partial charge in [-0.15, -0.1) is 11.3 Å². The zero-order valence-electron chi connectivity index (χ0n) is 10.3. The normalized spacial score (nSPS) is 11.4. The molecule has 6 nitrogen and oxygen atoms in total. The van der Waals surface area contributed by atoms with Crippen molar-refractivity contribution in [1.29, 1.82) is 0 Å². The molecule has 0 saturated heterocycles. The first kappa shape index (κ1) is 14.9. The average Bonchev–Trinajstić information content (AvgIpc) is 2.75. The lowest BCUT2D eigenvalue weighted by Gasteiger charge is -2.03. The maximum absolute atomic E-state index is 11.6. The Kier molecular flexibility index (Phi) is 4.41. The molecule has 0 radical (unpaired) electrons. The van der Waals surface area contributed by atoms with Gasteiger partial charge >= 0.3 is 5.97 Å². The Hall–Kier alpha value is -1.45. The van der Waals surface area contributed by atoms with E-state index >= 15 is 0 Å². The lowest BCUT2D eigenvalue weighted by atomic mass is 10.3. The highest BCUT2D eigenvalue weighted by Crippen LogP contribution is 2.32. The summed E-state index contributed by atoms with van der Waals surface area (Å²) >= 11 is 2.37. The number of aromatic nitrogens is 2. The van der Waals surface area contributed by atoms with Gasteiger partial charge < -0.3 is 5.11 Å². The topological polar surface area (TPSA) is 97.2 Å². The van der Waals surface area contributed by atoms with E-state index in [1.54, 1.807) is 11.4 Å². The summed E-state index contributed by atoms with van der Waals surface area (Å²) in [5.74, 6) is -0.957. The Bertz CT molecular complexity index is 740. The molecule has 2 aromatic rings. The van der Waals surface area contributed by atoms with E-state index in [0.29, 0.717) is 15.1 Å². The van der Waals surface area contributed by atoms with Gasteiger partial charge in [-0.25, -0.2) is 18.4 Å². The number of hydrogen-bond donors (Lipinski definition) is 1. The van der Waals surface area contributed by atoms with Gasteiger partial charge in [-0.2, -0.15) is 0 Å². The van der Waals surface area contributed by atoms with Crippen LogP contribution in [0.3, 0.4) is 0 Å². The fourth-order valence-corrected chi connectivity index (χ4v) is 4.39. The molecular formula is C11H10N2O4S3. The fraction of sp³-hybridized carbons (Fsp3) is 0.182. The third kappa shape index (κ3) is 3.78. The highest BCUT2D eigenvalue weighted by atomic mass is 32.2. The molecule has 0 fully saturated rings. The summed E-state index contributed by atoms with van der Waals surface area (Å²) in [6.45, 7) is 0. The summed E-state index contributed by atoms with van der Waals surface area (Å²) in [6.07, 6.45) is 2.47. The van der Waals surface area contributed by atoms with Crippen molar-refractivity contribution in [2.45, 2.75) is 20.7 Å². The second-order valence-corrected chi connectivity index (χ2v) is 7.93. The minimum Gasteiger partial charge on any atom is -0.481 e. The molecule has 106 valence electrons. The molecule has 2 aromatic heterocycles. The monoisotopic (exact) mass is 330 g/mol. The van der Waals surface area contributed by atoms with Gasteiger partial charge in [0.25, 0.3) is 0 Å². The van der Waals surface area contributed by atoms with Gasteiger partial charge in [-0.1, -0.05) is 0 Å². The second kappa shape index (κ2) is 5.90. The largest absolute Gasteiger partial charge is 0.481 e. The van der Waals surface area contributed by atoms with Gasteiger partial charge in [0, 0.05) is 17.8 Å². The van der Waals surface area contributed by atoms with E-state index in [9.17, 15) is 13.2 Å². The first-order valence-electron chi connectivity index (χ1n) is 5.35. The Morgan fingerprint density at radius 3 is 2.90 bits per heavy atom. The number of rotatable bonds is 5. The van der Waals surface area contributed by atoms with Crippen LogP contribution in [0.4, 0.5) is 0 Å². The molecule has 0 amide bonds. The Morgan fingerprint density at radius 2 is 2.25 bits per heavy atom. The third-order valence-corrected chi connectivity index (χ3v) is 5.45. The molecule has 0 spiro atoms. The van der Waals surface area contributed by atoms with Crippen LogP contribution in [0.25, 0.3) is 0 Å². The first-order valence-corrected chi connectivity index (χ1v) is 8.94. The Balaban J connectivity index is 2.27. The Morgan fingerprint density at radius 1 is 1.50 bits per heavy atom. The summed E-state index contributed by atoms with van der Waals surface area (Å²) in [5, 5.41) is 10.7. The number of carboxylic acids is 1. The number of thiazole rings is 1. The predicted molar refractivity (Wildman–Crippen MR) is 74.9 cm³/mol. The van der Waals surface area contributed by atoms with E-state index in [1.807, 2.05) is 0 Å². The van der Waals surface area contributed by atoms with Crippen LogP contribution in [0.5, 0.6) is 0 Å². The summed E-state index contributed by atoms with van der Waals surface area (Å²) in [4.78, 5) is 18.9.